The third-order valence-corrected chi connectivity index (χ3v) is 4.91. The zero-order chi connectivity index (χ0) is 13.2. The van der Waals surface area contributed by atoms with Gasteiger partial charge < -0.3 is 5.73 Å². The van der Waals surface area contributed by atoms with Gasteiger partial charge in [-0.2, -0.15) is 0 Å². The molecule has 3 nitrogen and oxygen atoms in total. The van der Waals surface area contributed by atoms with Crippen LogP contribution in [0.4, 0.5) is 0 Å². The average Bonchev–Trinajstić information content (AvgIpc) is 2.39. The molecule has 0 saturated carbocycles. The molecule has 0 spiro atoms. The SMILES string of the molecule is NCc1ccc(S(=O)(=O)c2ccc(Br)cc2)cc1. The number of hydrogen-bond acceptors (Lipinski definition) is 3. The van der Waals surface area contributed by atoms with E-state index in [1.165, 1.54) is 0 Å². The van der Waals surface area contributed by atoms with E-state index in [0.717, 1.165) is 10.0 Å². The fraction of sp³-hybridized carbons (Fsp3) is 0.0769. The molecule has 5 heteroatoms. The highest BCUT2D eigenvalue weighted by Gasteiger charge is 2.16. The van der Waals surface area contributed by atoms with Crippen molar-refractivity contribution in [1.29, 1.82) is 0 Å². The van der Waals surface area contributed by atoms with Crippen molar-refractivity contribution in [2.24, 2.45) is 5.73 Å². The molecule has 0 aliphatic carbocycles. The predicted octanol–water partition coefficient (Wildman–Crippen LogP) is 2.74. The zero-order valence-corrected chi connectivity index (χ0v) is 11.9. The molecule has 18 heavy (non-hydrogen) atoms. The summed E-state index contributed by atoms with van der Waals surface area (Å²) < 4.78 is 25.4. The monoisotopic (exact) mass is 325 g/mol. The van der Waals surface area contributed by atoms with Crippen LogP contribution in [-0.4, -0.2) is 8.42 Å². The van der Waals surface area contributed by atoms with E-state index in [1.54, 1.807) is 48.5 Å². The molecule has 0 radical (unpaired) electrons. The van der Waals surface area contributed by atoms with Gasteiger partial charge in [-0.1, -0.05) is 28.1 Å². The summed E-state index contributed by atoms with van der Waals surface area (Å²) in [6, 6.07) is 13.2. The number of nitrogens with two attached hydrogens (primary N) is 1. The van der Waals surface area contributed by atoms with E-state index >= 15 is 0 Å². The van der Waals surface area contributed by atoms with Gasteiger partial charge in [0.1, 0.15) is 0 Å². The lowest BCUT2D eigenvalue weighted by molar-refractivity contribution is 0.596. The summed E-state index contributed by atoms with van der Waals surface area (Å²) in [5.74, 6) is 0. The van der Waals surface area contributed by atoms with Crippen LogP contribution in [-0.2, 0) is 16.4 Å². The molecular weight excluding hydrogens is 314 g/mol. The molecule has 2 rings (SSSR count). The molecule has 0 heterocycles. The second-order valence-electron chi connectivity index (χ2n) is 3.81. The number of halogens is 1. The van der Waals surface area contributed by atoms with Crippen LogP contribution in [0.25, 0.3) is 0 Å². The fourth-order valence-corrected chi connectivity index (χ4v) is 3.08. The van der Waals surface area contributed by atoms with Gasteiger partial charge in [-0.15, -0.1) is 0 Å². The third-order valence-electron chi connectivity index (χ3n) is 2.59. The Morgan fingerprint density at radius 2 is 1.33 bits per heavy atom. The normalized spacial score (nSPS) is 11.4. The van der Waals surface area contributed by atoms with Crippen LogP contribution in [0.5, 0.6) is 0 Å². The lowest BCUT2D eigenvalue weighted by atomic mass is 10.2. The van der Waals surface area contributed by atoms with E-state index in [1.807, 2.05) is 0 Å². The van der Waals surface area contributed by atoms with E-state index < -0.39 is 9.84 Å². The van der Waals surface area contributed by atoms with Crippen molar-refractivity contribution in [3.05, 3.63) is 58.6 Å². The van der Waals surface area contributed by atoms with Crippen LogP contribution in [0.15, 0.2) is 62.8 Å². The maximum Gasteiger partial charge on any atom is 0.206 e. The van der Waals surface area contributed by atoms with Crippen molar-refractivity contribution in [2.75, 3.05) is 0 Å². The second kappa shape index (κ2) is 5.22. The van der Waals surface area contributed by atoms with Crippen molar-refractivity contribution < 1.29 is 8.42 Å². The first-order valence-electron chi connectivity index (χ1n) is 5.34. The van der Waals surface area contributed by atoms with Gasteiger partial charge in [0.2, 0.25) is 9.84 Å². The maximum atomic E-state index is 12.3. The molecule has 0 fully saturated rings. The Morgan fingerprint density at radius 3 is 1.78 bits per heavy atom. The average molecular weight is 326 g/mol. The highest BCUT2D eigenvalue weighted by atomic mass is 79.9. The van der Waals surface area contributed by atoms with Crippen molar-refractivity contribution in [3.8, 4) is 0 Å². The van der Waals surface area contributed by atoms with Gasteiger partial charge in [0, 0.05) is 11.0 Å². The molecule has 0 amide bonds. The Morgan fingerprint density at radius 1 is 0.889 bits per heavy atom. The summed E-state index contributed by atoms with van der Waals surface area (Å²) in [4.78, 5) is 0.563. The van der Waals surface area contributed by atoms with E-state index in [2.05, 4.69) is 15.9 Å². The molecule has 0 atom stereocenters. The van der Waals surface area contributed by atoms with Gasteiger partial charge in [-0.05, 0) is 42.0 Å². The highest BCUT2D eigenvalue weighted by Crippen LogP contribution is 2.22. The molecule has 0 aromatic heterocycles. The van der Waals surface area contributed by atoms with Crippen molar-refractivity contribution in [2.45, 2.75) is 16.3 Å². The molecular formula is C13H12BrNO2S. The number of sulfone groups is 1. The third kappa shape index (κ3) is 2.63. The van der Waals surface area contributed by atoms with Crippen LogP contribution in [0.3, 0.4) is 0 Å². The Kier molecular flexibility index (Phi) is 3.85. The molecule has 0 unspecified atom stereocenters. The molecule has 2 aromatic carbocycles. The van der Waals surface area contributed by atoms with Crippen molar-refractivity contribution >= 4 is 25.8 Å². The second-order valence-corrected chi connectivity index (χ2v) is 6.67. The van der Waals surface area contributed by atoms with Crippen LogP contribution in [0.1, 0.15) is 5.56 Å². The topological polar surface area (TPSA) is 60.2 Å². The minimum absolute atomic E-state index is 0.280. The summed E-state index contributed by atoms with van der Waals surface area (Å²) >= 11 is 3.28. The molecule has 0 aliphatic heterocycles. The van der Waals surface area contributed by atoms with Crippen LogP contribution < -0.4 is 5.73 Å². The van der Waals surface area contributed by atoms with Gasteiger partial charge in [-0.3, -0.25) is 0 Å². The summed E-state index contributed by atoms with van der Waals surface area (Å²) in [7, 11) is -3.44. The maximum absolute atomic E-state index is 12.3. The molecule has 0 bridgehead atoms. The van der Waals surface area contributed by atoms with E-state index in [4.69, 9.17) is 5.73 Å². The number of benzene rings is 2. The Balaban J connectivity index is 2.44. The number of hydrogen-bond donors (Lipinski definition) is 1. The van der Waals surface area contributed by atoms with E-state index in [9.17, 15) is 8.42 Å². The fourth-order valence-electron chi connectivity index (χ4n) is 1.55. The molecule has 2 aromatic rings. The lowest BCUT2D eigenvalue weighted by Crippen LogP contribution is -2.03. The molecule has 94 valence electrons. The van der Waals surface area contributed by atoms with Crippen molar-refractivity contribution in [1.82, 2.24) is 0 Å². The smallest absolute Gasteiger partial charge is 0.206 e. The van der Waals surface area contributed by atoms with Crippen LogP contribution in [0.2, 0.25) is 0 Å². The van der Waals surface area contributed by atoms with Crippen molar-refractivity contribution in [3.63, 3.8) is 0 Å². The highest BCUT2D eigenvalue weighted by molar-refractivity contribution is 9.10. The van der Waals surface area contributed by atoms with Crippen LogP contribution >= 0.6 is 15.9 Å². The molecule has 2 N–H and O–H groups in total. The molecule has 0 aliphatic rings. The standard InChI is InChI=1S/C13H12BrNO2S/c14-11-3-7-13(8-4-11)18(16,17)12-5-1-10(9-15)2-6-12/h1-8H,9,15H2. The quantitative estimate of drug-likeness (QED) is 0.943. The Hall–Kier alpha value is -1.17. The summed E-state index contributed by atoms with van der Waals surface area (Å²) in [5, 5.41) is 0. The van der Waals surface area contributed by atoms with E-state index in [0.29, 0.717) is 6.54 Å². The Bertz CT molecular complexity index is 634. The van der Waals surface area contributed by atoms with Gasteiger partial charge in [0.15, 0.2) is 0 Å². The lowest BCUT2D eigenvalue weighted by Gasteiger charge is -2.05. The van der Waals surface area contributed by atoms with Gasteiger partial charge in [0.25, 0.3) is 0 Å². The van der Waals surface area contributed by atoms with Crippen LogP contribution in [0, 0.1) is 0 Å². The summed E-state index contributed by atoms with van der Waals surface area (Å²) in [6.45, 7) is 0.401. The zero-order valence-electron chi connectivity index (χ0n) is 9.51. The summed E-state index contributed by atoms with van der Waals surface area (Å²) in [6.07, 6.45) is 0. The van der Waals surface area contributed by atoms with E-state index in [-0.39, 0.29) is 9.79 Å². The minimum atomic E-state index is -3.44. The first kappa shape index (κ1) is 13.3. The van der Waals surface area contributed by atoms with Gasteiger partial charge in [0.05, 0.1) is 9.79 Å². The first-order chi connectivity index (χ1) is 8.54. The number of rotatable bonds is 3. The first-order valence-corrected chi connectivity index (χ1v) is 7.61. The minimum Gasteiger partial charge on any atom is -0.326 e. The Labute approximate surface area is 115 Å². The summed E-state index contributed by atoms with van der Waals surface area (Å²) in [5.41, 5.74) is 6.39. The molecule has 0 saturated heterocycles. The van der Waals surface area contributed by atoms with Gasteiger partial charge >= 0.3 is 0 Å². The largest absolute Gasteiger partial charge is 0.326 e. The predicted molar refractivity (Wildman–Crippen MR) is 73.9 cm³/mol. The van der Waals surface area contributed by atoms with Gasteiger partial charge in [-0.25, -0.2) is 8.42 Å².